The molecule has 0 saturated carbocycles. The molecule has 0 aliphatic heterocycles. The molecule has 2 aromatic rings. The van der Waals surface area contributed by atoms with E-state index in [-0.39, 0.29) is 16.8 Å². The number of carboxylic acid groups (broad SMARTS) is 1. The van der Waals surface area contributed by atoms with Gasteiger partial charge in [-0.15, -0.1) is 0 Å². The Morgan fingerprint density at radius 3 is 2.58 bits per heavy atom. The maximum Gasteiger partial charge on any atom is 0.308 e. The molecule has 0 saturated heterocycles. The number of carboxylic acids is 1. The molecule has 7 heteroatoms. The lowest BCUT2D eigenvalue weighted by Gasteiger charge is -2.07. The normalized spacial score (nSPS) is 10.4. The van der Waals surface area contributed by atoms with Crippen molar-refractivity contribution in [3.8, 4) is 5.69 Å². The van der Waals surface area contributed by atoms with Crippen LogP contribution in [0.5, 0.6) is 0 Å². The van der Waals surface area contributed by atoms with Crippen LogP contribution >= 0.6 is 28.1 Å². The largest absolute Gasteiger partial charge is 0.481 e. The monoisotopic (exact) mass is 340 g/mol. The molecule has 2 rings (SSSR count). The molecular weight excluding hydrogens is 332 g/mol. The molecule has 1 aromatic carbocycles. The molecule has 0 bridgehead atoms. The van der Waals surface area contributed by atoms with Crippen molar-refractivity contribution in [1.82, 2.24) is 9.55 Å². The minimum Gasteiger partial charge on any atom is -0.481 e. The van der Waals surface area contributed by atoms with Crippen molar-refractivity contribution >= 4 is 34.1 Å². The fourth-order valence-corrected chi connectivity index (χ4v) is 2.14. The van der Waals surface area contributed by atoms with E-state index in [2.05, 4.69) is 20.9 Å². The Hall–Kier alpha value is -1.73. The van der Waals surface area contributed by atoms with Crippen LogP contribution in [0.4, 0.5) is 0 Å². The average molecular weight is 341 g/mol. The lowest BCUT2D eigenvalue weighted by atomic mass is 10.2. The first-order valence-electron chi connectivity index (χ1n) is 5.30. The quantitative estimate of drug-likeness (QED) is 0.840. The summed E-state index contributed by atoms with van der Waals surface area (Å²) in [4.78, 5) is 25.6. The lowest BCUT2D eigenvalue weighted by Crippen LogP contribution is -2.25. The van der Waals surface area contributed by atoms with Gasteiger partial charge in [0.15, 0.2) is 4.77 Å². The first-order valence-corrected chi connectivity index (χ1v) is 6.50. The summed E-state index contributed by atoms with van der Waals surface area (Å²) in [6.45, 7) is 0. The highest BCUT2D eigenvalue weighted by Gasteiger charge is 2.10. The number of rotatable bonds is 3. The van der Waals surface area contributed by atoms with E-state index in [1.807, 2.05) is 0 Å². The molecule has 5 nitrogen and oxygen atoms in total. The Kier molecular flexibility index (Phi) is 3.96. The summed E-state index contributed by atoms with van der Waals surface area (Å²) in [6, 6.07) is 7.00. The van der Waals surface area contributed by atoms with Crippen LogP contribution in [0.1, 0.15) is 5.56 Å². The van der Waals surface area contributed by atoms with Crippen molar-refractivity contribution in [1.29, 1.82) is 0 Å². The smallest absolute Gasteiger partial charge is 0.308 e. The van der Waals surface area contributed by atoms with Gasteiger partial charge in [-0.05, 0) is 36.5 Å². The highest BCUT2D eigenvalue weighted by molar-refractivity contribution is 9.10. The molecule has 19 heavy (non-hydrogen) atoms. The van der Waals surface area contributed by atoms with E-state index in [4.69, 9.17) is 17.3 Å². The van der Waals surface area contributed by atoms with Crippen LogP contribution < -0.4 is 5.56 Å². The molecular formula is C12H9BrN2O3S. The highest BCUT2D eigenvalue weighted by atomic mass is 79.9. The first kappa shape index (κ1) is 13.7. The third-order valence-electron chi connectivity index (χ3n) is 2.48. The number of benzene rings is 1. The zero-order valence-electron chi connectivity index (χ0n) is 9.59. The molecule has 0 amide bonds. The molecule has 1 heterocycles. The van der Waals surface area contributed by atoms with Crippen LogP contribution in [0.25, 0.3) is 5.69 Å². The van der Waals surface area contributed by atoms with Gasteiger partial charge in [-0.1, -0.05) is 15.9 Å². The summed E-state index contributed by atoms with van der Waals surface area (Å²) in [6.07, 6.45) is 0.996. The zero-order chi connectivity index (χ0) is 14.0. The van der Waals surface area contributed by atoms with Crippen LogP contribution in [0.3, 0.4) is 0 Å². The van der Waals surface area contributed by atoms with Gasteiger partial charge in [0.25, 0.3) is 5.56 Å². The van der Waals surface area contributed by atoms with Crippen LogP contribution in [-0.2, 0) is 11.2 Å². The van der Waals surface area contributed by atoms with E-state index in [0.717, 1.165) is 4.47 Å². The van der Waals surface area contributed by atoms with E-state index in [0.29, 0.717) is 5.69 Å². The minimum absolute atomic E-state index is 0.156. The standard InChI is InChI=1S/C12H9BrN2O3S/c13-8-1-3-9(4-2-8)15-11(18)7(5-10(16)17)6-14-12(15)19/h1-4,6H,5H2,(H,14,19)(H,16,17). The highest BCUT2D eigenvalue weighted by Crippen LogP contribution is 2.13. The van der Waals surface area contributed by atoms with E-state index >= 15 is 0 Å². The number of H-pyrrole nitrogens is 1. The van der Waals surface area contributed by atoms with Gasteiger partial charge >= 0.3 is 5.97 Å². The molecule has 0 fully saturated rings. The second-order valence-corrected chi connectivity index (χ2v) is 5.11. The van der Waals surface area contributed by atoms with E-state index in [1.54, 1.807) is 24.3 Å². The number of aromatic amines is 1. The summed E-state index contributed by atoms with van der Waals surface area (Å²) in [7, 11) is 0. The predicted molar refractivity (Wildman–Crippen MR) is 76.3 cm³/mol. The Balaban J connectivity index is 2.63. The molecule has 0 unspecified atom stereocenters. The summed E-state index contributed by atoms with van der Waals surface area (Å²) < 4.78 is 2.38. The number of nitrogens with one attached hydrogen (secondary N) is 1. The van der Waals surface area contributed by atoms with Crippen molar-refractivity contribution in [2.45, 2.75) is 6.42 Å². The van der Waals surface area contributed by atoms with Crippen LogP contribution in [0, 0.1) is 4.77 Å². The number of halogens is 1. The fraction of sp³-hybridized carbons (Fsp3) is 0.0833. The zero-order valence-corrected chi connectivity index (χ0v) is 12.0. The Bertz CT molecular complexity index is 734. The van der Waals surface area contributed by atoms with Gasteiger partial charge in [0, 0.05) is 16.2 Å². The van der Waals surface area contributed by atoms with Crippen molar-refractivity contribution in [2.75, 3.05) is 0 Å². The van der Waals surface area contributed by atoms with Crippen LogP contribution in [0.15, 0.2) is 39.7 Å². The van der Waals surface area contributed by atoms with Crippen LogP contribution in [0.2, 0.25) is 0 Å². The maximum absolute atomic E-state index is 12.2. The Morgan fingerprint density at radius 2 is 2.00 bits per heavy atom. The Morgan fingerprint density at radius 1 is 1.37 bits per heavy atom. The molecule has 0 radical (unpaired) electrons. The van der Waals surface area contributed by atoms with Gasteiger partial charge < -0.3 is 10.1 Å². The Labute approximate surface area is 121 Å². The van der Waals surface area contributed by atoms with Crippen molar-refractivity contribution < 1.29 is 9.90 Å². The van der Waals surface area contributed by atoms with Crippen molar-refractivity contribution in [3.05, 3.63) is 55.6 Å². The maximum atomic E-state index is 12.2. The molecule has 1 aromatic heterocycles. The van der Waals surface area contributed by atoms with Gasteiger partial charge in [-0.25, -0.2) is 0 Å². The summed E-state index contributed by atoms with van der Waals surface area (Å²) >= 11 is 8.38. The summed E-state index contributed by atoms with van der Waals surface area (Å²) in [5.41, 5.74) is 0.319. The number of hydrogen-bond acceptors (Lipinski definition) is 3. The number of hydrogen-bond donors (Lipinski definition) is 2. The van der Waals surface area contributed by atoms with Gasteiger partial charge in [-0.3, -0.25) is 14.2 Å². The third-order valence-corrected chi connectivity index (χ3v) is 3.31. The number of carbonyl (C=O) groups is 1. The SMILES string of the molecule is O=C(O)Cc1c[nH]c(=S)n(-c2ccc(Br)cc2)c1=O. The van der Waals surface area contributed by atoms with Gasteiger partial charge in [-0.2, -0.15) is 0 Å². The number of aromatic nitrogens is 2. The summed E-state index contributed by atoms with van der Waals surface area (Å²) in [5.74, 6) is -1.06. The van der Waals surface area contributed by atoms with Crippen molar-refractivity contribution in [2.24, 2.45) is 0 Å². The first-order chi connectivity index (χ1) is 8.99. The molecule has 2 N–H and O–H groups in total. The second kappa shape index (κ2) is 5.50. The molecule has 98 valence electrons. The lowest BCUT2D eigenvalue weighted by molar-refractivity contribution is -0.136. The van der Waals surface area contributed by atoms with E-state index < -0.39 is 11.5 Å². The summed E-state index contributed by atoms with van der Waals surface area (Å²) in [5, 5.41) is 8.76. The molecule has 0 spiro atoms. The minimum atomic E-state index is -1.06. The third kappa shape index (κ3) is 2.99. The van der Waals surface area contributed by atoms with E-state index in [9.17, 15) is 9.59 Å². The van der Waals surface area contributed by atoms with Crippen LogP contribution in [-0.4, -0.2) is 20.6 Å². The average Bonchev–Trinajstić information content (AvgIpc) is 2.35. The van der Waals surface area contributed by atoms with Crippen molar-refractivity contribution in [3.63, 3.8) is 0 Å². The molecule has 0 atom stereocenters. The topological polar surface area (TPSA) is 75.1 Å². The fourth-order valence-electron chi connectivity index (χ4n) is 1.63. The number of nitrogens with zero attached hydrogens (tertiary/aromatic N) is 1. The van der Waals surface area contributed by atoms with Gasteiger partial charge in [0.2, 0.25) is 0 Å². The second-order valence-electron chi connectivity index (χ2n) is 3.81. The predicted octanol–water partition coefficient (Wildman–Crippen LogP) is 2.28. The van der Waals surface area contributed by atoms with Gasteiger partial charge in [0.05, 0.1) is 12.1 Å². The molecule has 0 aliphatic rings. The van der Waals surface area contributed by atoms with E-state index in [1.165, 1.54) is 10.8 Å². The number of aliphatic carboxylic acids is 1. The van der Waals surface area contributed by atoms with Gasteiger partial charge in [0.1, 0.15) is 0 Å². The molecule has 0 aliphatic carbocycles.